The second-order valence-corrected chi connectivity index (χ2v) is 1.87. The fraction of sp³-hybridized carbons (Fsp3) is 0.571. The van der Waals surface area contributed by atoms with Gasteiger partial charge in [-0.25, -0.2) is 0 Å². The number of hydrogen-bond acceptors (Lipinski definition) is 3. The molecule has 0 saturated carbocycles. The van der Waals surface area contributed by atoms with Gasteiger partial charge in [-0.3, -0.25) is 4.79 Å². The first-order valence-electron chi connectivity index (χ1n) is 3.20. The molecule has 3 heteroatoms. The van der Waals surface area contributed by atoms with E-state index in [0.29, 0.717) is 6.42 Å². The molecule has 0 radical (unpaired) electrons. The average molecular weight is 144 g/mol. The molecule has 0 heterocycles. The Morgan fingerprint density at radius 1 is 1.90 bits per heavy atom. The van der Waals surface area contributed by atoms with Gasteiger partial charge in [-0.15, -0.1) is 0 Å². The molecule has 0 fully saturated rings. The molecular weight excluding hydrogens is 132 g/mol. The van der Waals surface area contributed by atoms with Gasteiger partial charge < -0.3 is 9.84 Å². The van der Waals surface area contributed by atoms with Crippen LogP contribution in [0.5, 0.6) is 0 Å². The summed E-state index contributed by atoms with van der Waals surface area (Å²) in [6.45, 7) is 5.11. The van der Waals surface area contributed by atoms with Crippen molar-refractivity contribution >= 4 is 5.97 Å². The standard InChI is InChI=1S/C7H12O3/c1-3-5-7(9)10-6(8)4-2/h4,6,8H,2-3,5H2,1H3. The highest BCUT2D eigenvalue weighted by molar-refractivity contribution is 5.69. The maximum atomic E-state index is 10.6. The molecule has 0 rings (SSSR count). The molecule has 0 aromatic heterocycles. The van der Waals surface area contributed by atoms with Crippen LogP contribution in [0.1, 0.15) is 19.8 Å². The van der Waals surface area contributed by atoms with Crippen LogP contribution < -0.4 is 0 Å². The molecule has 58 valence electrons. The van der Waals surface area contributed by atoms with Crippen molar-refractivity contribution in [2.24, 2.45) is 0 Å². The van der Waals surface area contributed by atoms with E-state index in [4.69, 9.17) is 5.11 Å². The topological polar surface area (TPSA) is 46.5 Å². The molecule has 0 aliphatic heterocycles. The van der Waals surface area contributed by atoms with Gasteiger partial charge >= 0.3 is 5.97 Å². The molecule has 0 aromatic rings. The molecule has 10 heavy (non-hydrogen) atoms. The van der Waals surface area contributed by atoms with Gasteiger partial charge in [0.2, 0.25) is 6.29 Å². The first-order chi connectivity index (χ1) is 4.70. The van der Waals surface area contributed by atoms with E-state index < -0.39 is 12.3 Å². The van der Waals surface area contributed by atoms with E-state index in [2.05, 4.69) is 11.3 Å². The zero-order valence-corrected chi connectivity index (χ0v) is 6.04. The van der Waals surface area contributed by atoms with Crippen molar-refractivity contribution in [1.29, 1.82) is 0 Å². The lowest BCUT2D eigenvalue weighted by Gasteiger charge is -2.05. The van der Waals surface area contributed by atoms with E-state index in [-0.39, 0.29) is 0 Å². The SMILES string of the molecule is C=CC(O)OC(=O)CCC. The lowest BCUT2D eigenvalue weighted by molar-refractivity contribution is -0.160. The van der Waals surface area contributed by atoms with Crippen LogP contribution in [0.2, 0.25) is 0 Å². The minimum absolute atomic E-state index is 0.338. The maximum Gasteiger partial charge on any atom is 0.308 e. The fourth-order valence-electron chi connectivity index (χ4n) is 0.446. The summed E-state index contributed by atoms with van der Waals surface area (Å²) in [4.78, 5) is 10.6. The van der Waals surface area contributed by atoms with Crippen LogP contribution in [0.15, 0.2) is 12.7 Å². The normalized spacial score (nSPS) is 12.2. The van der Waals surface area contributed by atoms with Gasteiger partial charge in [0.15, 0.2) is 0 Å². The Kier molecular flexibility index (Phi) is 4.58. The van der Waals surface area contributed by atoms with E-state index in [9.17, 15) is 4.79 Å². The van der Waals surface area contributed by atoms with Crippen LogP contribution in [-0.2, 0) is 9.53 Å². The number of ether oxygens (including phenoxy) is 1. The maximum absolute atomic E-state index is 10.6. The largest absolute Gasteiger partial charge is 0.432 e. The van der Waals surface area contributed by atoms with Crippen molar-refractivity contribution in [3.05, 3.63) is 12.7 Å². The molecule has 0 spiro atoms. The summed E-state index contributed by atoms with van der Waals surface area (Å²) in [7, 11) is 0. The minimum atomic E-state index is -1.15. The predicted octanol–water partition coefficient (Wildman–Crippen LogP) is 0.834. The molecule has 0 bridgehead atoms. The van der Waals surface area contributed by atoms with Crippen molar-refractivity contribution < 1.29 is 14.6 Å². The summed E-state index contributed by atoms with van der Waals surface area (Å²) < 4.78 is 4.44. The summed E-state index contributed by atoms with van der Waals surface area (Å²) in [5.41, 5.74) is 0. The zero-order valence-electron chi connectivity index (χ0n) is 6.04. The molecule has 0 saturated heterocycles. The molecule has 0 aliphatic carbocycles. The van der Waals surface area contributed by atoms with Crippen molar-refractivity contribution in [1.82, 2.24) is 0 Å². The monoisotopic (exact) mass is 144 g/mol. The Bertz CT molecular complexity index is 120. The summed E-state index contributed by atoms with van der Waals surface area (Å²) in [6.07, 6.45) is 1.07. The number of hydrogen-bond donors (Lipinski definition) is 1. The van der Waals surface area contributed by atoms with Crippen LogP contribution in [0.25, 0.3) is 0 Å². The fourth-order valence-corrected chi connectivity index (χ4v) is 0.446. The van der Waals surface area contributed by atoms with Gasteiger partial charge in [0.05, 0.1) is 0 Å². The second-order valence-electron chi connectivity index (χ2n) is 1.87. The van der Waals surface area contributed by atoms with Gasteiger partial charge in [0.25, 0.3) is 0 Å². The number of rotatable bonds is 4. The Balaban J connectivity index is 3.46. The summed E-state index contributed by atoms with van der Waals surface area (Å²) in [5.74, 6) is -0.394. The van der Waals surface area contributed by atoms with Crippen LogP contribution in [0.3, 0.4) is 0 Å². The van der Waals surface area contributed by atoms with E-state index in [1.807, 2.05) is 6.92 Å². The first kappa shape index (κ1) is 9.17. The molecule has 0 amide bonds. The molecular formula is C7H12O3. The summed E-state index contributed by atoms with van der Waals surface area (Å²) >= 11 is 0. The third-order valence-electron chi connectivity index (χ3n) is 0.908. The van der Waals surface area contributed by atoms with Gasteiger partial charge in [0.1, 0.15) is 0 Å². The molecule has 1 N–H and O–H groups in total. The Labute approximate surface area is 60.3 Å². The minimum Gasteiger partial charge on any atom is -0.432 e. The highest BCUT2D eigenvalue weighted by Gasteiger charge is 2.04. The van der Waals surface area contributed by atoms with E-state index in [1.165, 1.54) is 0 Å². The molecule has 0 aliphatic rings. The quantitative estimate of drug-likeness (QED) is 0.361. The Morgan fingerprint density at radius 3 is 2.90 bits per heavy atom. The van der Waals surface area contributed by atoms with Crippen molar-refractivity contribution in [3.8, 4) is 0 Å². The Hall–Kier alpha value is -0.830. The summed E-state index contributed by atoms with van der Waals surface area (Å²) in [6, 6.07) is 0. The van der Waals surface area contributed by atoms with E-state index >= 15 is 0 Å². The van der Waals surface area contributed by atoms with Gasteiger partial charge in [-0.1, -0.05) is 13.5 Å². The van der Waals surface area contributed by atoms with Crippen LogP contribution in [-0.4, -0.2) is 17.4 Å². The lowest BCUT2D eigenvalue weighted by Crippen LogP contribution is -2.14. The number of aliphatic hydroxyl groups is 1. The molecule has 1 unspecified atom stereocenters. The first-order valence-corrected chi connectivity index (χ1v) is 3.20. The number of esters is 1. The van der Waals surface area contributed by atoms with E-state index in [0.717, 1.165) is 12.5 Å². The van der Waals surface area contributed by atoms with Crippen molar-refractivity contribution in [2.75, 3.05) is 0 Å². The van der Waals surface area contributed by atoms with Crippen LogP contribution >= 0.6 is 0 Å². The molecule has 3 nitrogen and oxygen atoms in total. The second kappa shape index (κ2) is 4.99. The van der Waals surface area contributed by atoms with Gasteiger partial charge in [0, 0.05) is 6.42 Å². The van der Waals surface area contributed by atoms with Crippen molar-refractivity contribution in [3.63, 3.8) is 0 Å². The highest BCUT2D eigenvalue weighted by Crippen LogP contribution is 1.94. The number of carbonyl (C=O) groups excluding carboxylic acids is 1. The summed E-state index contributed by atoms with van der Waals surface area (Å²) in [5, 5.41) is 8.69. The molecule has 1 atom stereocenters. The molecule has 0 aromatic carbocycles. The third kappa shape index (κ3) is 4.09. The average Bonchev–Trinajstić information content (AvgIpc) is 1.88. The zero-order chi connectivity index (χ0) is 7.98. The van der Waals surface area contributed by atoms with Crippen LogP contribution in [0, 0.1) is 0 Å². The lowest BCUT2D eigenvalue weighted by atomic mass is 10.3. The highest BCUT2D eigenvalue weighted by atomic mass is 16.6. The third-order valence-corrected chi connectivity index (χ3v) is 0.908. The number of carbonyl (C=O) groups is 1. The van der Waals surface area contributed by atoms with Gasteiger partial charge in [-0.05, 0) is 12.5 Å². The predicted molar refractivity (Wildman–Crippen MR) is 37.2 cm³/mol. The van der Waals surface area contributed by atoms with Crippen molar-refractivity contribution in [2.45, 2.75) is 26.1 Å². The van der Waals surface area contributed by atoms with Gasteiger partial charge in [-0.2, -0.15) is 0 Å². The van der Waals surface area contributed by atoms with Crippen LogP contribution in [0.4, 0.5) is 0 Å². The smallest absolute Gasteiger partial charge is 0.308 e. The number of aliphatic hydroxyl groups excluding tert-OH is 1. The Morgan fingerprint density at radius 2 is 2.50 bits per heavy atom. The van der Waals surface area contributed by atoms with E-state index in [1.54, 1.807) is 0 Å².